The van der Waals surface area contributed by atoms with Gasteiger partial charge in [-0.15, -0.1) is 0 Å². The smallest absolute Gasteiger partial charge is 0.399 e. The van der Waals surface area contributed by atoms with Crippen LogP contribution in [0.1, 0.15) is 60.2 Å². The molecule has 1 aliphatic heterocycles. The second kappa shape index (κ2) is 5.35. The fourth-order valence-electron chi connectivity index (χ4n) is 2.70. The van der Waals surface area contributed by atoms with Gasteiger partial charge in [0.25, 0.3) is 0 Å². The Labute approximate surface area is 139 Å². The molecule has 2 heterocycles. The number of hydrogen-bond donors (Lipinski definition) is 1. The Balaban J connectivity index is 1.92. The Bertz CT molecular complexity index is 705. The highest BCUT2D eigenvalue weighted by Crippen LogP contribution is 2.36. The van der Waals surface area contributed by atoms with E-state index in [1.165, 1.54) is 0 Å². The second-order valence-corrected chi connectivity index (χ2v) is 8.02. The number of fused-ring (bicyclic) bond motifs is 1. The molecule has 0 bridgehead atoms. The van der Waals surface area contributed by atoms with Crippen molar-refractivity contribution in [1.82, 2.24) is 9.97 Å². The van der Waals surface area contributed by atoms with E-state index in [0.29, 0.717) is 11.8 Å². The van der Waals surface area contributed by atoms with Crippen LogP contribution in [0.2, 0.25) is 0 Å². The predicted molar refractivity (Wildman–Crippen MR) is 95.1 cm³/mol. The van der Waals surface area contributed by atoms with Gasteiger partial charge in [-0.05, 0) is 51.2 Å². The molecule has 0 amide bonds. The van der Waals surface area contributed by atoms with Crippen molar-refractivity contribution in [3.05, 3.63) is 24.0 Å². The van der Waals surface area contributed by atoms with Crippen LogP contribution in [0.4, 0.5) is 0 Å². The van der Waals surface area contributed by atoms with Crippen LogP contribution in [0.15, 0.2) is 18.2 Å². The third kappa shape index (κ3) is 2.81. The first-order valence-corrected chi connectivity index (χ1v) is 8.46. The van der Waals surface area contributed by atoms with Crippen LogP contribution in [0.5, 0.6) is 0 Å². The first kappa shape index (κ1) is 16.5. The Kier molecular flexibility index (Phi) is 3.85. The van der Waals surface area contributed by atoms with Crippen molar-refractivity contribution in [1.29, 1.82) is 0 Å². The van der Waals surface area contributed by atoms with Crippen LogP contribution >= 0.6 is 0 Å². The van der Waals surface area contributed by atoms with Crippen molar-refractivity contribution in [2.45, 2.75) is 65.6 Å². The molecule has 23 heavy (non-hydrogen) atoms. The number of rotatable bonds is 3. The lowest BCUT2D eigenvalue weighted by Crippen LogP contribution is -2.41. The molecule has 0 saturated carbocycles. The lowest BCUT2D eigenvalue weighted by atomic mass is 9.79. The highest BCUT2D eigenvalue weighted by molar-refractivity contribution is 6.62. The van der Waals surface area contributed by atoms with Crippen LogP contribution in [0.3, 0.4) is 0 Å². The van der Waals surface area contributed by atoms with E-state index < -0.39 is 0 Å². The van der Waals surface area contributed by atoms with Crippen molar-refractivity contribution in [2.75, 3.05) is 0 Å². The minimum absolute atomic E-state index is 0.322. The average Bonchev–Trinajstić information content (AvgIpc) is 2.95. The monoisotopic (exact) mass is 314 g/mol. The van der Waals surface area contributed by atoms with E-state index in [4.69, 9.17) is 14.3 Å². The van der Waals surface area contributed by atoms with Crippen LogP contribution in [-0.2, 0) is 9.31 Å². The van der Waals surface area contributed by atoms with Crippen molar-refractivity contribution < 1.29 is 9.31 Å². The SMILES string of the molecule is CC(C)[C@H](C)c1nc2ccc(B3OC(C)(C)C(C)(C)O3)cc2[nH]1. The number of aromatic nitrogens is 2. The summed E-state index contributed by atoms with van der Waals surface area (Å²) in [4.78, 5) is 8.18. The summed E-state index contributed by atoms with van der Waals surface area (Å²) in [5.41, 5.74) is 2.42. The summed E-state index contributed by atoms with van der Waals surface area (Å²) in [6.07, 6.45) is 0. The van der Waals surface area contributed by atoms with Crippen LogP contribution < -0.4 is 5.46 Å². The summed E-state index contributed by atoms with van der Waals surface area (Å²) < 4.78 is 12.3. The quantitative estimate of drug-likeness (QED) is 0.880. The molecule has 1 N–H and O–H groups in total. The van der Waals surface area contributed by atoms with E-state index >= 15 is 0 Å². The number of nitrogens with zero attached hydrogens (tertiary/aromatic N) is 1. The maximum atomic E-state index is 6.13. The minimum atomic E-state index is -0.335. The maximum Gasteiger partial charge on any atom is 0.494 e. The molecule has 1 aliphatic rings. The summed E-state index contributed by atoms with van der Waals surface area (Å²) in [5.74, 6) is 2.00. The third-order valence-corrected chi connectivity index (χ3v) is 5.48. The molecule has 5 heteroatoms. The van der Waals surface area contributed by atoms with E-state index in [0.717, 1.165) is 22.3 Å². The predicted octanol–water partition coefficient (Wildman–Crippen LogP) is 3.62. The van der Waals surface area contributed by atoms with Gasteiger partial charge in [0.05, 0.1) is 22.2 Å². The number of aromatic amines is 1. The van der Waals surface area contributed by atoms with E-state index in [2.05, 4.69) is 65.6 Å². The Morgan fingerprint density at radius 1 is 1.04 bits per heavy atom. The van der Waals surface area contributed by atoms with Crippen molar-refractivity contribution in [2.24, 2.45) is 5.92 Å². The normalized spacial score (nSPS) is 21.3. The first-order chi connectivity index (χ1) is 10.6. The number of H-pyrrole nitrogens is 1. The van der Waals surface area contributed by atoms with Crippen molar-refractivity contribution >= 4 is 23.6 Å². The molecule has 1 atom stereocenters. The Morgan fingerprint density at radius 3 is 2.22 bits per heavy atom. The Hall–Kier alpha value is -1.33. The van der Waals surface area contributed by atoms with Crippen molar-refractivity contribution in [3.8, 4) is 0 Å². The topological polar surface area (TPSA) is 47.1 Å². The highest BCUT2D eigenvalue weighted by atomic mass is 16.7. The molecule has 1 fully saturated rings. The molecule has 0 radical (unpaired) electrons. The van der Waals surface area contributed by atoms with E-state index in [1.54, 1.807) is 0 Å². The lowest BCUT2D eigenvalue weighted by molar-refractivity contribution is 0.00578. The van der Waals surface area contributed by atoms with Gasteiger partial charge in [-0.25, -0.2) is 4.98 Å². The molecule has 1 aromatic carbocycles. The molecule has 1 aromatic heterocycles. The first-order valence-electron chi connectivity index (χ1n) is 8.46. The summed E-state index contributed by atoms with van der Waals surface area (Å²) in [5, 5.41) is 0. The molecule has 2 aromatic rings. The molecule has 0 spiro atoms. The summed E-state index contributed by atoms with van der Waals surface area (Å²) in [7, 11) is -0.335. The second-order valence-electron chi connectivity index (χ2n) is 8.02. The zero-order valence-corrected chi connectivity index (χ0v) is 15.2. The fourth-order valence-corrected chi connectivity index (χ4v) is 2.70. The van der Waals surface area contributed by atoms with Gasteiger partial charge in [-0.2, -0.15) is 0 Å². The van der Waals surface area contributed by atoms with Gasteiger partial charge in [-0.3, -0.25) is 0 Å². The van der Waals surface area contributed by atoms with E-state index in [9.17, 15) is 0 Å². The minimum Gasteiger partial charge on any atom is -0.399 e. The van der Waals surface area contributed by atoms with Crippen LogP contribution in [0, 0.1) is 5.92 Å². The van der Waals surface area contributed by atoms with Crippen LogP contribution in [0.25, 0.3) is 11.0 Å². The number of imidazole rings is 1. The van der Waals surface area contributed by atoms with Gasteiger partial charge in [0, 0.05) is 5.92 Å². The Morgan fingerprint density at radius 2 is 1.65 bits per heavy atom. The van der Waals surface area contributed by atoms with E-state index in [1.807, 2.05) is 6.07 Å². The molecular formula is C18H27BN2O2. The standard InChI is InChI=1S/C18H27BN2O2/c1-11(2)12(3)16-20-14-9-8-13(10-15(14)21-16)19-22-17(4,5)18(6,7)23-19/h8-12H,1-7H3,(H,20,21)/t12-/m0/s1. The maximum absolute atomic E-state index is 6.13. The molecule has 124 valence electrons. The molecule has 0 unspecified atom stereocenters. The number of nitrogens with one attached hydrogen (secondary N) is 1. The number of hydrogen-bond acceptors (Lipinski definition) is 3. The largest absolute Gasteiger partial charge is 0.494 e. The zero-order valence-electron chi connectivity index (χ0n) is 15.2. The van der Waals surface area contributed by atoms with Crippen molar-refractivity contribution in [3.63, 3.8) is 0 Å². The molecular weight excluding hydrogens is 287 g/mol. The van der Waals surface area contributed by atoms with Gasteiger partial charge in [0.15, 0.2) is 0 Å². The van der Waals surface area contributed by atoms with Gasteiger partial charge in [0.2, 0.25) is 0 Å². The van der Waals surface area contributed by atoms with Gasteiger partial charge >= 0.3 is 7.12 Å². The van der Waals surface area contributed by atoms with Crippen LogP contribution in [-0.4, -0.2) is 28.3 Å². The molecule has 1 saturated heterocycles. The lowest BCUT2D eigenvalue weighted by Gasteiger charge is -2.32. The molecule has 0 aliphatic carbocycles. The highest BCUT2D eigenvalue weighted by Gasteiger charge is 2.51. The molecule has 4 nitrogen and oxygen atoms in total. The fraction of sp³-hybridized carbons (Fsp3) is 0.611. The van der Waals surface area contributed by atoms with Gasteiger partial charge in [0.1, 0.15) is 5.82 Å². The summed E-state index contributed by atoms with van der Waals surface area (Å²) >= 11 is 0. The molecule has 3 rings (SSSR count). The zero-order chi connectivity index (χ0) is 17.0. The third-order valence-electron chi connectivity index (χ3n) is 5.48. The summed E-state index contributed by atoms with van der Waals surface area (Å²) in [6.45, 7) is 14.9. The number of benzene rings is 1. The van der Waals surface area contributed by atoms with Gasteiger partial charge in [-0.1, -0.05) is 26.8 Å². The average molecular weight is 314 g/mol. The summed E-state index contributed by atoms with van der Waals surface area (Å²) in [6, 6.07) is 6.19. The van der Waals surface area contributed by atoms with Gasteiger partial charge < -0.3 is 14.3 Å². The van der Waals surface area contributed by atoms with E-state index in [-0.39, 0.29) is 18.3 Å².